The summed E-state index contributed by atoms with van der Waals surface area (Å²) in [5, 5.41) is 2.81. The van der Waals surface area contributed by atoms with Gasteiger partial charge in [0.15, 0.2) is 0 Å². The van der Waals surface area contributed by atoms with Gasteiger partial charge in [0.05, 0.1) is 11.9 Å². The van der Waals surface area contributed by atoms with Crippen LogP contribution in [-0.4, -0.2) is 59.2 Å². The Kier molecular flexibility index (Phi) is 8.38. The van der Waals surface area contributed by atoms with E-state index in [1.54, 1.807) is 0 Å². The average molecular weight is 370 g/mol. The van der Waals surface area contributed by atoms with E-state index in [1.165, 1.54) is 4.31 Å². The van der Waals surface area contributed by atoms with E-state index in [4.69, 9.17) is 0 Å². The highest BCUT2D eigenvalue weighted by molar-refractivity contribution is 7.92. The second-order valence-electron chi connectivity index (χ2n) is 6.41. The zero-order valence-electron chi connectivity index (χ0n) is 16.0. The SMILES string of the molecule is CCc1cccc(CC)c1N(CC(=O)NCCCN(C)C)S(C)(=O)=O. The Morgan fingerprint density at radius 1 is 1.12 bits per heavy atom. The van der Waals surface area contributed by atoms with Gasteiger partial charge in [0.1, 0.15) is 6.54 Å². The summed E-state index contributed by atoms with van der Waals surface area (Å²) in [6.45, 7) is 5.18. The van der Waals surface area contributed by atoms with Crippen LogP contribution in [0.2, 0.25) is 0 Å². The molecule has 0 atom stereocenters. The number of hydrogen-bond donors (Lipinski definition) is 1. The Morgan fingerprint density at radius 3 is 2.12 bits per heavy atom. The molecule has 1 N–H and O–H groups in total. The van der Waals surface area contributed by atoms with Crippen molar-refractivity contribution in [2.24, 2.45) is 0 Å². The van der Waals surface area contributed by atoms with Crippen LogP contribution in [0.4, 0.5) is 5.69 Å². The predicted octanol–water partition coefficient (Wildman–Crippen LogP) is 1.65. The number of nitrogens with zero attached hydrogens (tertiary/aromatic N) is 2. The minimum atomic E-state index is -3.56. The van der Waals surface area contributed by atoms with Crippen LogP contribution in [0.1, 0.15) is 31.4 Å². The van der Waals surface area contributed by atoms with Crippen molar-refractivity contribution >= 4 is 21.6 Å². The van der Waals surface area contributed by atoms with Crippen LogP contribution >= 0.6 is 0 Å². The first kappa shape index (κ1) is 21.4. The number of sulfonamides is 1. The first-order chi connectivity index (χ1) is 11.7. The fraction of sp³-hybridized carbons (Fsp3) is 0.611. The number of carbonyl (C=O) groups excluding carboxylic acids is 1. The van der Waals surface area contributed by atoms with Gasteiger partial charge in [-0.15, -0.1) is 0 Å². The minimum absolute atomic E-state index is 0.190. The number of rotatable bonds is 10. The van der Waals surface area contributed by atoms with Gasteiger partial charge in [-0.1, -0.05) is 32.0 Å². The molecule has 0 heterocycles. The smallest absolute Gasteiger partial charge is 0.240 e. The molecular weight excluding hydrogens is 338 g/mol. The molecule has 142 valence electrons. The van der Waals surface area contributed by atoms with Crippen molar-refractivity contribution in [3.63, 3.8) is 0 Å². The van der Waals surface area contributed by atoms with E-state index >= 15 is 0 Å². The fourth-order valence-corrected chi connectivity index (χ4v) is 3.62. The first-order valence-electron chi connectivity index (χ1n) is 8.70. The molecule has 1 amide bonds. The molecule has 0 saturated heterocycles. The van der Waals surface area contributed by atoms with E-state index in [9.17, 15) is 13.2 Å². The van der Waals surface area contributed by atoms with Crippen molar-refractivity contribution in [2.75, 3.05) is 44.3 Å². The number of amides is 1. The molecule has 0 fully saturated rings. The number of benzene rings is 1. The van der Waals surface area contributed by atoms with Crippen molar-refractivity contribution in [3.8, 4) is 0 Å². The molecule has 0 aliphatic carbocycles. The van der Waals surface area contributed by atoms with E-state index in [0.717, 1.165) is 30.3 Å². The molecule has 6 nitrogen and oxygen atoms in total. The van der Waals surface area contributed by atoms with Crippen molar-refractivity contribution < 1.29 is 13.2 Å². The highest BCUT2D eigenvalue weighted by Gasteiger charge is 2.24. The Balaban J connectivity index is 2.99. The van der Waals surface area contributed by atoms with Gasteiger partial charge in [-0.05, 0) is 51.0 Å². The van der Waals surface area contributed by atoms with Crippen LogP contribution in [-0.2, 0) is 27.7 Å². The maximum Gasteiger partial charge on any atom is 0.240 e. The van der Waals surface area contributed by atoms with Gasteiger partial charge in [0.25, 0.3) is 0 Å². The van der Waals surface area contributed by atoms with E-state index in [-0.39, 0.29) is 12.5 Å². The number of hydrogen-bond acceptors (Lipinski definition) is 4. The predicted molar refractivity (Wildman–Crippen MR) is 104 cm³/mol. The van der Waals surface area contributed by atoms with Gasteiger partial charge in [-0.2, -0.15) is 0 Å². The van der Waals surface area contributed by atoms with Gasteiger partial charge in [-0.25, -0.2) is 8.42 Å². The van der Waals surface area contributed by atoms with E-state index < -0.39 is 10.0 Å². The van der Waals surface area contributed by atoms with E-state index in [1.807, 2.05) is 51.0 Å². The lowest BCUT2D eigenvalue weighted by atomic mass is 10.0. The van der Waals surface area contributed by atoms with Crippen LogP contribution in [0.3, 0.4) is 0 Å². The maximum absolute atomic E-state index is 12.4. The van der Waals surface area contributed by atoms with Gasteiger partial charge in [0.2, 0.25) is 15.9 Å². The Morgan fingerprint density at radius 2 is 1.68 bits per heavy atom. The van der Waals surface area contributed by atoms with E-state index in [0.29, 0.717) is 25.1 Å². The van der Waals surface area contributed by atoms with Crippen molar-refractivity contribution in [1.29, 1.82) is 0 Å². The van der Waals surface area contributed by atoms with Crippen molar-refractivity contribution in [1.82, 2.24) is 10.2 Å². The lowest BCUT2D eigenvalue weighted by molar-refractivity contribution is -0.119. The summed E-state index contributed by atoms with van der Waals surface area (Å²) in [4.78, 5) is 14.3. The number of para-hydroxylation sites is 1. The molecule has 0 spiro atoms. The van der Waals surface area contributed by atoms with Gasteiger partial charge in [0, 0.05) is 6.54 Å². The van der Waals surface area contributed by atoms with Gasteiger partial charge < -0.3 is 10.2 Å². The molecule has 0 aromatic heterocycles. The molecule has 1 rings (SSSR count). The lowest BCUT2D eigenvalue weighted by Crippen LogP contribution is -2.41. The Labute approximate surface area is 152 Å². The highest BCUT2D eigenvalue weighted by Crippen LogP contribution is 2.28. The molecule has 0 bridgehead atoms. The van der Waals surface area contributed by atoms with Crippen molar-refractivity contribution in [3.05, 3.63) is 29.3 Å². The summed E-state index contributed by atoms with van der Waals surface area (Å²) < 4.78 is 26.0. The largest absolute Gasteiger partial charge is 0.354 e. The minimum Gasteiger partial charge on any atom is -0.354 e. The third-order valence-corrected chi connectivity index (χ3v) is 5.12. The fourth-order valence-electron chi connectivity index (χ4n) is 2.71. The molecule has 25 heavy (non-hydrogen) atoms. The Hall–Kier alpha value is -1.60. The summed E-state index contributed by atoms with van der Waals surface area (Å²) in [5.41, 5.74) is 2.52. The molecular formula is C18H31N3O3S. The number of nitrogens with one attached hydrogen (secondary N) is 1. The molecule has 1 aromatic rings. The second-order valence-corrected chi connectivity index (χ2v) is 8.32. The van der Waals surface area contributed by atoms with Crippen LogP contribution in [0, 0.1) is 0 Å². The number of aryl methyl sites for hydroxylation is 2. The molecule has 0 aliphatic rings. The molecule has 0 radical (unpaired) electrons. The zero-order chi connectivity index (χ0) is 19.0. The monoisotopic (exact) mass is 369 g/mol. The van der Waals surface area contributed by atoms with Crippen LogP contribution in [0.25, 0.3) is 0 Å². The lowest BCUT2D eigenvalue weighted by Gasteiger charge is -2.26. The molecule has 7 heteroatoms. The topological polar surface area (TPSA) is 69.7 Å². The molecule has 0 unspecified atom stereocenters. The summed E-state index contributed by atoms with van der Waals surface area (Å²) in [6.07, 6.45) is 3.39. The normalized spacial score (nSPS) is 11.6. The Bertz CT molecular complexity index is 650. The highest BCUT2D eigenvalue weighted by atomic mass is 32.2. The summed E-state index contributed by atoms with van der Waals surface area (Å²) in [5.74, 6) is -0.280. The second kappa shape index (κ2) is 9.77. The average Bonchev–Trinajstić information content (AvgIpc) is 2.54. The molecule has 0 saturated carbocycles. The van der Waals surface area contributed by atoms with Gasteiger partial charge >= 0.3 is 0 Å². The van der Waals surface area contributed by atoms with Crippen LogP contribution in [0.15, 0.2) is 18.2 Å². The van der Waals surface area contributed by atoms with Gasteiger partial charge in [-0.3, -0.25) is 9.10 Å². The third kappa shape index (κ3) is 6.66. The first-order valence-corrected chi connectivity index (χ1v) is 10.5. The zero-order valence-corrected chi connectivity index (χ0v) is 16.8. The maximum atomic E-state index is 12.4. The summed E-state index contributed by atoms with van der Waals surface area (Å²) in [7, 11) is 0.389. The van der Waals surface area contributed by atoms with Crippen LogP contribution in [0.5, 0.6) is 0 Å². The van der Waals surface area contributed by atoms with E-state index in [2.05, 4.69) is 5.32 Å². The number of carbonyl (C=O) groups is 1. The number of anilines is 1. The van der Waals surface area contributed by atoms with Crippen molar-refractivity contribution in [2.45, 2.75) is 33.1 Å². The molecule has 0 aliphatic heterocycles. The quantitative estimate of drug-likeness (QED) is 0.637. The standard InChI is InChI=1S/C18H31N3O3S/c1-6-15-10-8-11-16(7-2)18(15)21(25(5,23)24)14-17(22)19-12-9-13-20(3)4/h8,10-11H,6-7,9,12-14H2,1-5H3,(H,19,22). The summed E-state index contributed by atoms with van der Waals surface area (Å²) >= 11 is 0. The molecule has 1 aromatic carbocycles. The third-order valence-electron chi connectivity index (χ3n) is 4.01. The van der Waals surface area contributed by atoms with Crippen LogP contribution < -0.4 is 9.62 Å². The summed E-state index contributed by atoms with van der Waals surface area (Å²) in [6, 6.07) is 5.77.